The minimum Gasteiger partial charge on any atom is -0.395 e. The highest BCUT2D eigenvalue weighted by Crippen LogP contribution is 2.13. The molecule has 5 nitrogen and oxygen atoms in total. The van der Waals surface area contributed by atoms with Gasteiger partial charge in [0.05, 0.1) is 12.6 Å². The van der Waals surface area contributed by atoms with Gasteiger partial charge in [-0.25, -0.2) is 0 Å². The predicted molar refractivity (Wildman–Crippen MR) is 77.1 cm³/mol. The number of rotatable bonds is 7. The Bertz CT molecular complexity index is 263. The topological polar surface area (TPSA) is 55.8 Å². The summed E-state index contributed by atoms with van der Waals surface area (Å²) in [6, 6.07) is 0.152. The van der Waals surface area contributed by atoms with E-state index in [1.807, 2.05) is 11.8 Å². The van der Waals surface area contributed by atoms with Crippen LogP contribution < -0.4 is 5.32 Å². The van der Waals surface area contributed by atoms with Crippen LogP contribution in [0.3, 0.4) is 0 Å². The molecule has 1 heterocycles. The van der Waals surface area contributed by atoms with E-state index in [0.717, 1.165) is 39.0 Å². The van der Waals surface area contributed by atoms with Gasteiger partial charge in [-0.2, -0.15) is 0 Å². The van der Waals surface area contributed by atoms with Gasteiger partial charge in [0.15, 0.2) is 0 Å². The highest BCUT2D eigenvalue weighted by Gasteiger charge is 2.29. The monoisotopic (exact) mass is 271 g/mol. The van der Waals surface area contributed by atoms with Gasteiger partial charge in [-0.15, -0.1) is 0 Å². The number of nitrogens with one attached hydrogen (secondary N) is 1. The summed E-state index contributed by atoms with van der Waals surface area (Å²) >= 11 is 0. The number of hydrogen-bond acceptors (Lipinski definition) is 4. The molecular formula is C14H29N3O2. The maximum Gasteiger partial charge on any atom is 0.239 e. The second-order valence-electron chi connectivity index (χ2n) is 5.19. The Morgan fingerprint density at radius 2 is 1.89 bits per heavy atom. The van der Waals surface area contributed by atoms with Crippen LogP contribution in [0, 0.1) is 0 Å². The largest absolute Gasteiger partial charge is 0.395 e. The number of hydrogen-bond donors (Lipinski definition) is 2. The van der Waals surface area contributed by atoms with Crippen molar-refractivity contribution >= 4 is 5.91 Å². The van der Waals surface area contributed by atoms with E-state index in [1.165, 1.54) is 0 Å². The number of carbonyl (C=O) groups is 1. The van der Waals surface area contributed by atoms with Crippen molar-refractivity contribution in [2.24, 2.45) is 0 Å². The molecule has 1 atom stereocenters. The lowest BCUT2D eigenvalue weighted by molar-refractivity contribution is -0.139. The van der Waals surface area contributed by atoms with Crippen molar-refractivity contribution in [3.63, 3.8) is 0 Å². The first-order valence-electron chi connectivity index (χ1n) is 7.51. The van der Waals surface area contributed by atoms with Gasteiger partial charge in [-0.05, 0) is 19.8 Å². The number of aliphatic hydroxyl groups is 1. The van der Waals surface area contributed by atoms with Crippen LogP contribution in [0.15, 0.2) is 0 Å². The summed E-state index contributed by atoms with van der Waals surface area (Å²) in [4.78, 5) is 16.7. The third-order valence-corrected chi connectivity index (χ3v) is 4.06. The Morgan fingerprint density at radius 3 is 2.37 bits per heavy atom. The van der Waals surface area contributed by atoms with Crippen LogP contribution in [0.4, 0.5) is 0 Å². The highest BCUT2D eigenvalue weighted by molar-refractivity contribution is 5.81. The van der Waals surface area contributed by atoms with Gasteiger partial charge < -0.3 is 15.3 Å². The van der Waals surface area contributed by atoms with Gasteiger partial charge in [-0.3, -0.25) is 9.69 Å². The fourth-order valence-electron chi connectivity index (χ4n) is 2.78. The lowest BCUT2D eigenvalue weighted by Gasteiger charge is -2.37. The smallest absolute Gasteiger partial charge is 0.239 e. The average molecular weight is 271 g/mol. The molecule has 1 unspecified atom stereocenters. The Hall–Kier alpha value is -0.650. The first kappa shape index (κ1) is 16.4. The molecule has 0 aliphatic carbocycles. The molecule has 1 saturated heterocycles. The van der Waals surface area contributed by atoms with E-state index in [1.54, 1.807) is 0 Å². The summed E-state index contributed by atoms with van der Waals surface area (Å²) in [5.74, 6) is 0.157. The van der Waals surface area contributed by atoms with E-state index in [0.29, 0.717) is 6.54 Å². The van der Waals surface area contributed by atoms with Crippen LogP contribution in [-0.4, -0.2) is 72.2 Å². The highest BCUT2D eigenvalue weighted by atomic mass is 16.3. The molecule has 0 aromatic carbocycles. The molecule has 5 heteroatoms. The van der Waals surface area contributed by atoms with Crippen molar-refractivity contribution in [1.29, 1.82) is 0 Å². The summed E-state index contributed by atoms with van der Waals surface area (Å²) in [5, 5.41) is 12.5. The summed E-state index contributed by atoms with van der Waals surface area (Å²) in [7, 11) is 0. The molecule has 1 aliphatic heterocycles. The minimum atomic E-state index is -0.0887. The molecule has 2 N–H and O–H groups in total. The Balaban J connectivity index is 2.68. The summed E-state index contributed by atoms with van der Waals surface area (Å²) < 4.78 is 0. The molecule has 0 spiro atoms. The molecule has 19 heavy (non-hydrogen) atoms. The fourth-order valence-corrected chi connectivity index (χ4v) is 2.78. The van der Waals surface area contributed by atoms with Crippen LogP contribution in [0.5, 0.6) is 0 Å². The zero-order valence-electron chi connectivity index (χ0n) is 12.6. The van der Waals surface area contributed by atoms with Crippen LogP contribution >= 0.6 is 0 Å². The molecule has 1 rings (SSSR count). The van der Waals surface area contributed by atoms with Crippen LogP contribution in [-0.2, 0) is 4.79 Å². The normalized spacial score (nSPS) is 18.6. The summed E-state index contributed by atoms with van der Waals surface area (Å²) in [6.45, 7) is 10.4. The Labute approximate surface area is 117 Å². The van der Waals surface area contributed by atoms with Crippen molar-refractivity contribution in [3.05, 3.63) is 0 Å². The number of nitrogens with zero attached hydrogens (tertiary/aromatic N) is 2. The lowest BCUT2D eigenvalue weighted by Crippen LogP contribution is -2.55. The van der Waals surface area contributed by atoms with E-state index < -0.39 is 0 Å². The van der Waals surface area contributed by atoms with Crippen molar-refractivity contribution in [1.82, 2.24) is 15.1 Å². The van der Waals surface area contributed by atoms with E-state index in [4.69, 9.17) is 0 Å². The van der Waals surface area contributed by atoms with Crippen LogP contribution in [0.1, 0.15) is 33.6 Å². The molecule has 1 aliphatic rings. The molecule has 112 valence electrons. The second kappa shape index (κ2) is 8.51. The third kappa shape index (κ3) is 4.44. The number of carbonyl (C=O) groups excluding carboxylic acids is 1. The maximum atomic E-state index is 12.6. The van der Waals surface area contributed by atoms with Gasteiger partial charge in [-0.1, -0.05) is 13.8 Å². The van der Waals surface area contributed by atoms with Crippen molar-refractivity contribution in [2.75, 3.05) is 39.3 Å². The molecular weight excluding hydrogens is 242 g/mol. The summed E-state index contributed by atoms with van der Waals surface area (Å²) in [6.07, 6.45) is 1.88. The number of aliphatic hydroxyl groups excluding tert-OH is 1. The van der Waals surface area contributed by atoms with E-state index >= 15 is 0 Å². The van der Waals surface area contributed by atoms with E-state index in [-0.39, 0.29) is 24.6 Å². The molecule has 0 aromatic heterocycles. The Morgan fingerprint density at radius 1 is 1.32 bits per heavy atom. The Kier molecular flexibility index (Phi) is 7.34. The van der Waals surface area contributed by atoms with Crippen LogP contribution in [0.2, 0.25) is 0 Å². The fraction of sp³-hybridized carbons (Fsp3) is 0.929. The van der Waals surface area contributed by atoms with Crippen molar-refractivity contribution < 1.29 is 9.90 Å². The summed E-state index contributed by atoms with van der Waals surface area (Å²) in [5.41, 5.74) is 0. The first-order chi connectivity index (χ1) is 9.15. The van der Waals surface area contributed by atoms with E-state index in [9.17, 15) is 9.90 Å². The third-order valence-electron chi connectivity index (χ3n) is 4.06. The number of piperazine rings is 1. The first-order valence-corrected chi connectivity index (χ1v) is 7.51. The molecule has 0 saturated carbocycles. The molecule has 1 amide bonds. The number of amides is 1. The average Bonchev–Trinajstić information content (AvgIpc) is 2.47. The van der Waals surface area contributed by atoms with Gasteiger partial charge in [0.2, 0.25) is 5.91 Å². The standard InChI is InChI=1S/C14H29N3O2/c1-4-13(5-2)17(10-11-18)14(19)12(3)16-8-6-15-7-9-16/h12-13,15,18H,4-11H2,1-3H3. The van der Waals surface area contributed by atoms with E-state index in [2.05, 4.69) is 24.1 Å². The molecule has 0 radical (unpaired) electrons. The lowest BCUT2D eigenvalue weighted by atomic mass is 10.1. The van der Waals surface area contributed by atoms with Gasteiger partial charge in [0, 0.05) is 38.8 Å². The molecule has 0 bridgehead atoms. The van der Waals surface area contributed by atoms with Gasteiger partial charge >= 0.3 is 0 Å². The second-order valence-corrected chi connectivity index (χ2v) is 5.19. The van der Waals surface area contributed by atoms with Crippen molar-refractivity contribution in [2.45, 2.75) is 45.7 Å². The predicted octanol–water partition coefficient (Wildman–Crippen LogP) is 0.290. The molecule has 1 fully saturated rings. The van der Waals surface area contributed by atoms with Gasteiger partial charge in [0.1, 0.15) is 0 Å². The zero-order chi connectivity index (χ0) is 14.3. The SMILES string of the molecule is CCC(CC)N(CCO)C(=O)C(C)N1CCNCC1. The molecule has 0 aromatic rings. The quantitative estimate of drug-likeness (QED) is 0.699. The van der Waals surface area contributed by atoms with Gasteiger partial charge in [0.25, 0.3) is 0 Å². The van der Waals surface area contributed by atoms with Crippen molar-refractivity contribution in [3.8, 4) is 0 Å². The maximum absolute atomic E-state index is 12.6. The van der Waals surface area contributed by atoms with Crippen LogP contribution in [0.25, 0.3) is 0 Å². The minimum absolute atomic E-state index is 0.0382. The zero-order valence-corrected chi connectivity index (χ0v) is 12.6.